The van der Waals surface area contributed by atoms with Gasteiger partial charge in [0, 0.05) is 19.3 Å². The normalized spacial score (nSPS) is 11.0. The summed E-state index contributed by atoms with van der Waals surface area (Å²) in [6.45, 7) is 5.18. The lowest BCUT2D eigenvalue weighted by Gasteiger charge is -2.24. The SMILES string of the molecule is Cc1ccc(NC(=O)C(=O)N(C)CC(C)(C)O)cc1. The molecule has 0 saturated carbocycles. The Labute approximate surface area is 113 Å². The van der Waals surface area contributed by atoms with Gasteiger partial charge in [0.1, 0.15) is 0 Å². The first-order valence-electron chi connectivity index (χ1n) is 6.04. The van der Waals surface area contributed by atoms with Crippen LogP contribution in [0.5, 0.6) is 0 Å². The number of amides is 2. The second-order valence-corrected chi connectivity index (χ2v) is 5.29. The van der Waals surface area contributed by atoms with Crippen molar-refractivity contribution in [1.29, 1.82) is 0 Å². The Morgan fingerprint density at radius 2 is 1.79 bits per heavy atom. The van der Waals surface area contributed by atoms with Crippen molar-refractivity contribution in [1.82, 2.24) is 4.90 Å². The number of benzene rings is 1. The minimum Gasteiger partial charge on any atom is -0.389 e. The van der Waals surface area contributed by atoms with Gasteiger partial charge < -0.3 is 15.3 Å². The Balaban J connectivity index is 2.62. The number of aryl methyl sites for hydroxylation is 1. The Bertz CT molecular complexity index is 461. The van der Waals surface area contributed by atoms with Gasteiger partial charge in [-0.1, -0.05) is 17.7 Å². The molecular weight excluding hydrogens is 244 g/mol. The second kappa shape index (κ2) is 5.84. The third kappa shape index (κ3) is 5.09. The molecule has 0 aromatic heterocycles. The Morgan fingerprint density at radius 1 is 1.26 bits per heavy atom. The first kappa shape index (κ1) is 15.2. The van der Waals surface area contributed by atoms with Crippen molar-refractivity contribution in [2.75, 3.05) is 18.9 Å². The van der Waals surface area contributed by atoms with Gasteiger partial charge in [0.25, 0.3) is 0 Å². The molecule has 104 valence electrons. The highest BCUT2D eigenvalue weighted by atomic mass is 16.3. The zero-order chi connectivity index (χ0) is 14.6. The molecule has 0 radical (unpaired) electrons. The van der Waals surface area contributed by atoms with Gasteiger partial charge in [-0.05, 0) is 32.9 Å². The van der Waals surface area contributed by atoms with Crippen LogP contribution >= 0.6 is 0 Å². The molecule has 0 saturated heterocycles. The summed E-state index contributed by atoms with van der Waals surface area (Å²) in [5.74, 6) is -1.39. The van der Waals surface area contributed by atoms with E-state index in [0.29, 0.717) is 5.69 Å². The predicted molar refractivity (Wildman–Crippen MR) is 73.7 cm³/mol. The van der Waals surface area contributed by atoms with Crippen molar-refractivity contribution >= 4 is 17.5 Å². The van der Waals surface area contributed by atoms with E-state index < -0.39 is 17.4 Å². The summed E-state index contributed by atoms with van der Waals surface area (Å²) in [5.41, 5.74) is 0.609. The van der Waals surface area contributed by atoms with Crippen LogP contribution in [0.1, 0.15) is 19.4 Å². The fourth-order valence-electron chi connectivity index (χ4n) is 1.65. The average molecular weight is 264 g/mol. The van der Waals surface area contributed by atoms with E-state index in [4.69, 9.17) is 0 Å². The number of likely N-dealkylation sites (N-methyl/N-ethyl adjacent to an activating group) is 1. The molecule has 0 atom stereocenters. The molecule has 0 aliphatic heterocycles. The number of carbonyl (C=O) groups excluding carboxylic acids is 2. The number of nitrogens with one attached hydrogen (secondary N) is 1. The highest BCUT2D eigenvalue weighted by molar-refractivity contribution is 6.39. The summed E-state index contributed by atoms with van der Waals surface area (Å²) >= 11 is 0. The molecule has 0 spiro atoms. The van der Waals surface area contributed by atoms with Gasteiger partial charge in [0.2, 0.25) is 0 Å². The number of anilines is 1. The van der Waals surface area contributed by atoms with E-state index in [0.717, 1.165) is 5.56 Å². The minimum atomic E-state index is -1.03. The van der Waals surface area contributed by atoms with Crippen molar-refractivity contribution in [3.63, 3.8) is 0 Å². The molecule has 2 amide bonds. The molecule has 1 aromatic carbocycles. The number of nitrogens with zero attached hydrogens (tertiary/aromatic N) is 1. The summed E-state index contributed by atoms with van der Waals surface area (Å²) in [4.78, 5) is 24.7. The van der Waals surface area contributed by atoms with E-state index in [1.807, 2.05) is 19.1 Å². The first-order valence-corrected chi connectivity index (χ1v) is 6.04. The minimum absolute atomic E-state index is 0.0904. The third-order valence-corrected chi connectivity index (χ3v) is 2.47. The lowest BCUT2D eigenvalue weighted by atomic mass is 10.1. The smallest absolute Gasteiger partial charge is 0.313 e. The maximum Gasteiger partial charge on any atom is 0.313 e. The van der Waals surface area contributed by atoms with Crippen LogP contribution in [-0.2, 0) is 9.59 Å². The second-order valence-electron chi connectivity index (χ2n) is 5.29. The maximum atomic E-state index is 11.8. The molecule has 0 bridgehead atoms. The molecule has 0 unspecified atom stereocenters. The molecule has 0 aliphatic carbocycles. The summed E-state index contributed by atoms with van der Waals surface area (Å²) in [6.07, 6.45) is 0. The Morgan fingerprint density at radius 3 is 2.26 bits per heavy atom. The third-order valence-electron chi connectivity index (χ3n) is 2.47. The van der Waals surface area contributed by atoms with Crippen LogP contribution in [0.4, 0.5) is 5.69 Å². The molecule has 1 aromatic rings. The fraction of sp³-hybridized carbons (Fsp3) is 0.429. The van der Waals surface area contributed by atoms with E-state index in [-0.39, 0.29) is 6.54 Å². The van der Waals surface area contributed by atoms with Crippen LogP contribution < -0.4 is 5.32 Å². The number of rotatable bonds is 3. The highest BCUT2D eigenvalue weighted by Gasteiger charge is 2.24. The van der Waals surface area contributed by atoms with Crippen LogP contribution in [0.2, 0.25) is 0 Å². The average Bonchev–Trinajstić information content (AvgIpc) is 2.28. The summed E-state index contributed by atoms with van der Waals surface area (Å²) in [6, 6.07) is 7.16. The molecular formula is C14H20N2O3. The van der Waals surface area contributed by atoms with Crippen molar-refractivity contribution in [3.8, 4) is 0 Å². The molecule has 0 aliphatic rings. The topological polar surface area (TPSA) is 69.6 Å². The molecule has 1 rings (SSSR count). The monoisotopic (exact) mass is 264 g/mol. The summed E-state index contributed by atoms with van der Waals surface area (Å²) in [7, 11) is 1.48. The Kier molecular flexibility index (Phi) is 4.67. The molecule has 0 heterocycles. The van der Waals surface area contributed by atoms with E-state index in [9.17, 15) is 14.7 Å². The van der Waals surface area contributed by atoms with Gasteiger partial charge >= 0.3 is 11.8 Å². The van der Waals surface area contributed by atoms with Crippen LogP contribution in [-0.4, -0.2) is 41.0 Å². The van der Waals surface area contributed by atoms with Crippen molar-refractivity contribution < 1.29 is 14.7 Å². The van der Waals surface area contributed by atoms with Crippen LogP contribution in [0.25, 0.3) is 0 Å². The Hall–Kier alpha value is -1.88. The number of aliphatic hydroxyl groups is 1. The van der Waals surface area contributed by atoms with Crippen LogP contribution in [0.3, 0.4) is 0 Å². The molecule has 5 heteroatoms. The summed E-state index contributed by atoms with van der Waals surface area (Å²) in [5, 5.41) is 12.1. The molecule has 5 nitrogen and oxygen atoms in total. The molecule has 0 fully saturated rings. The van der Waals surface area contributed by atoms with Crippen LogP contribution in [0.15, 0.2) is 24.3 Å². The van der Waals surface area contributed by atoms with E-state index in [2.05, 4.69) is 5.32 Å². The zero-order valence-electron chi connectivity index (χ0n) is 11.7. The fourth-order valence-corrected chi connectivity index (χ4v) is 1.65. The van der Waals surface area contributed by atoms with E-state index in [1.54, 1.807) is 26.0 Å². The van der Waals surface area contributed by atoms with Gasteiger partial charge in [0.15, 0.2) is 0 Å². The van der Waals surface area contributed by atoms with Gasteiger partial charge in [-0.2, -0.15) is 0 Å². The van der Waals surface area contributed by atoms with Gasteiger partial charge in [-0.25, -0.2) is 0 Å². The summed E-state index contributed by atoms with van der Waals surface area (Å²) < 4.78 is 0. The zero-order valence-corrected chi connectivity index (χ0v) is 11.7. The van der Waals surface area contributed by atoms with Crippen molar-refractivity contribution in [2.45, 2.75) is 26.4 Å². The van der Waals surface area contributed by atoms with Gasteiger partial charge in [-0.3, -0.25) is 9.59 Å². The lowest BCUT2D eigenvalue weighted by Crippen LogP contribution is -2.44. The molecule has 2 N–H and O–H groups in total. The highest BCUT2D eigenvalue weighted by Crippen LogP contribution is 2.09. The van der Waals surface area contributed by atoms with Crippen molar-refractivity contribution in [2.24, 2.45) is 0 Å². The predicted octanol–water partition coefficient (Wildman–Crippen LogP) is 1.16. The molecule has 19 heavy (non-hydrogen) atoms. The maximum absolute atomic E-state index is 11.8. The van der Waals surface area contributed by atoms with Gasteiger partial charge in [0.05, 0.1) is 5.60 Å². The quantitative estimate of drug-likeness (QED) is 0.805. The standard InChI is InChI=1S/C14H20N2O3/c1-10-5-7-11(8-6-10)15-12(17)13(18)16(4)9-14(2,3)19/h5-8,19H,9H2,1-4H3,(H,15,17). The number of hydrogen-bond acceptors (Lipinski definition) is 3. The number of hydrogen-bond donors (Lipinski definition) is 2. The van der Waals surface area contributed by atoms with E-state index in [1.165, 1.54) is 11.9 Å². The van der Waals surface area contributed by atoms with Crippen molar-refractivity contribution in [3.05, 3.63) is 29.8 Å². The first-order chi connectivity index (χ1) is 8.69. The lowest BCUT2D eigenvalue weighted by molar-refractivity contribution is -0.143. The largest absolute Gasteiger partial charge is 0.389 e. The van der Waals surface area contributed by atoms with Crippen LogP contribution in [0, 0.1) is 6.92 Å². The van der Waals surface area contributed by atoms with E-state index >= 15 is 0 Å². The number of carbonyl (C=O) groups is 2. The van der Waals surface area contributed by atoms with Gasteiger partial charge in [-0.15, -0.1) is 0 Å².